The second kappa shape index (κ2) is 6.86. The third-order valence-electron chi connectivity index (χ3n) is 4.83. The van der Waals surface area contributed by atoms with Crippen molar-refractivity contribution in [2.24, 2.45) is 4.99 Å². The minimum atomic E-state index is -1.06. The molecule has 2 heterocycles. The zero-order valence-corrected chi connectivity index (χ0v) is 15.1. The van der Waals surface area contributed by atoms with Crippen molar-refractivity contribution < 1.29 is 14.0 Å². The van der Waals surface area contributed by atoms with Crippen LogP contribution in [-0.4, -0.2) is 28.1 Å². The Morgan fingerprint density at radius 3 is 2.73 bits per heavy atom. The normalized spacial score (nSPS) is 23.1. The van der Waals surface area contributed by atoms with Gasteiger partial charge in [-0.05, 0) is 55.7 Å². The molecular weight excluding hydrogens is 333 g/mol. The van der Waals surface area contributed by atoms with Crippen molar-refractivity contribution in [1.82, 2.24) is 10.2 Å². The Morgan fingerprint density at radius 2 is 2.08 bits per heavy atom. The number of carbonyl (C=O) groups excluding carboxylic acids is 2. The molecule has 0 fully saturated rings. The molecule has 0 saturated carbocycles. The first-order valence-corrected chi connectivity index (χ1v) is 8.67. The van der Waals surface area contributed by atoms with Crippen LogP contribution in [0.25, 0.3) is 0 Å². The fourth-order valence-electron chi connectivity index (χ4n) is 3.26. The summed E-state index contributed by atoms with van der Waals surface area (Å²) in [7, 11) is 0. The van der Waals surface area contributed by atoms with E-state index in [-0.39, 0.29) is 30.1 Å². The molecule has 2 amide bonds. The molecule has 0 radical (unpaired) electrons. The summed E-state index contributed by atoms with van der Waals surface area (Å²) in [6.07, 6.45) is 6.12. The molecule has 0 bridgehead atoms. The number of carbonyl (C=O) groups is 2. The van der Waals surface area contributed by atoms with Crippen LogP contribution in [0.3, 0.4) is 0 Å². The number of amidine groups is 1. The first-order valence-electron chi connectivity index (χ1n) is 8.67. The Bertz CT molecular complexity index is 826. The van der Waals surface area contributed by atoms with Gasteiger partial charge in [-0.3, -0.25) is 9.59 Å². The summed E-state index contributed by atoms with van der Waals surface area (Å²) in [6, 6.07) is 5.82. The van der Waals surface area contributed by atoms with E-state index in [0.29, 0.717) is 12.3 Å². The number of amides is 2. The number of fused-ring (bicyclic) bond motifs is 1. The van der Waals surface area contributed by atoms with Crippen LogP contribution in [0.2, 0.25) is 0 Å². The smallest absolute Gasteiger partial charge is 0.250 e. The predicted molar refractivity (Wildman–Crippen MR) is 97.8 cm³/mol. The van der Waals surface area contributed by atoms with E-state index >= 15 is 0 Å². The van der Waals surface area contributed by atoms with Crippen molar-refractivity contribution in [2.45, 2.75) is 45.2 Å². The molecule has 0 spiro atoms. The van der Waals surface area contributed by atoms with Crippen LogP contribution < -0.4 is 5.32 Å². The van der Waals surface area contributed by atoms with Gasteiger partial charge in [-0.2, -0.15) is 4.99 Å². The van der Waals surface area contributed by atoms with E-state index in [1.54, 1.807) is 36.2 Å². The highest BCUT2D eigenvalue weighted by molar-refractivity contribution is 6.10. The van der Waals surface area contributed by atoms with Crippen molar-refractivity contribution >= 4 is 17.6 Å². The Labute approximate surface area is 152 Å². The third kappa shape index (κ3) is 3.31. The van der Waals surface area contributed by atoms with Gasteiger partial charge < -0.3 is 10.2 Å². The van der Waals surface area contributed by atoms with Crippen LogP contribution in [0.5, 0.6) is 0 Å². The average molecular weight is 355 g/mol. The molecule has 1 N–H and O–H groups in total. The summed E-state index contributed by atoms with van der Waals surface area (Å²) >= 11 is 0. The lowest BCUT2D eigenvalue weighted by molar-refractivity contribution is -0.135. The molecule has 3 rings (SSSR count). The monoisotopic (exact) mass is 355 g/mol. The summed E-state index contributed by atoms with van der Waals surface area (Å²) < 4.78 is 13.2. The second-order valence-electron chi connectivity index (χ2n) is 6.87. The maximum absolute atomic E-state index is 13.2. The molecule has 2 atom stereocenters. The second-order valence-corrected chi connectivity index (χ2v) is 6.87. The summed E-state index contributed by atoms with van der Waals surface area (Å²) in [5.74, 6) is -0.412. The van der Waals surface area contributed by atoms with E-state index in [1.807, 2.05) is 19.9 Å². The molecule has 1 aromatic carbocycles. The third-order valence-corrected chi connectivity index (χ3v) is 4.83. The Balaban J connectivity index is 1.86. The fraction of sp³-hybridized carbons (Fsp3) is 0.350. The molecule has 6 heteroatoms. The number of nitrogens with one attached hydrogen (secondary N) is 1. The topological polar surface area (TPSA) is 61.8 Å². The van der Waals surface area contributed by atoms with Crippen molar-refractivity contribution in [3.8, 4) is 0 Å². The highest BCUT2D eigenvalue weighted by Crippen LogP contribution is 2.30. The minimum Gasteiger partial charge on any atom is -0.347 e. The largest absolute Gasteiger partial charge is 0.347 e. The van der Waals surface area contributed by atoms with Gasteiger partial charge >= 0.3 is 0 Å². The number of rotatable bonds is 4. The van der Waals surface area contributed by atoms with Gasteiger partial charge in [-0.15, -0.1) is 0 Å². The lowest BCUT2D eigenvalue weighted by atomic mass is 9.90. The summed E-state index contributed by atoms with van der Waals surface area (Å²) in [4.78, 5) is 31.0. The number of aliphatic imine (C=N–C) groups is 1. The minimum absolute atomic E-state index is 0.000582. The van der Waals surface area contributed by atoms with E-state index in [4.69, 9.17) is 0 Å². The van der Waals surface area contributed by atoms with Crippen molar-refractivity contribution in [3.05, 3.63) is 59.6 Å². The number of hydrogen-bond acceptors (Lipinski definition) is 3. The van der Waals surface area contributed by atoms with Crippen molar-refractivity contribution in [1.29, 1.82) is 0 Å². The van der Waals surface area contributed by atoms with Gasteiger partial charge in [0.15, 0.2) is 0 Å². The van der Waals surface area contributed by atoms with Crippen LogP contribution in [0.1, 0.15) is 45.2 Å². The maximum Gasteiger partial charge on any atom is 0.250 e. The van der Waals surface area contributed by atoms with Gasteiger partial charge in [0.05, 0.1) is 12.5 Å². The van der Waals surface area contributed by atoms with E-state index < -0.39 is 5.54 Å². The number of halogens is 1. The van der Waals surface area contributed by atoms with Gasteiger partial charge in [0, 0.05) is 6.20 Å². The highest BCUT2D eigenvalue weighted by Gasteiger charge is 2.45. The van der Waals surface area contributed by atoms with Gasteiger partial charge in [0.25, 0.3) is 5.91 Å². The molecule has 0 aliphatic carbocycles. The SMILES string of the molecule is CC[C@H](NC(=O)[C@]1(C)CC(=O)N=C2C=C(C)C=CN21)c1ccc(F)cc1. The van der Waals surface area contributed by atoms with E-state index in [1.165, 1.54) is 12.1 Å². The van der Waals surface area contributed by atoms with E-state index in [9.17, 15) is 14.0 Å². The van der Waals surface area contributed by atoms with E-state index in [0.717, 1.165) is 11.1 Å². The zero-order chi connectivity index (χ0) is 18.9. The Morgan fingerprint density at radius 1 is 1.38 bits per heavy atom. The predicted octanol–water partition coefficient (Wildman–Crippen LogP) is 3.26. The van der Waals surface area contributed by atoms with Crippen LogP contribution in [-0.2, 0) is 9.59 Å². The van der Waals surface area contributed by atoms with Gasteiger partial charge in [-0.25, -0.2) is 4.39 Å². The Kier molecular flexibility index (Phi) is 4.76. The van der Waals surface area contributed by atoms with Gasteiger partial charge in [0.1, 0.15) is 17.2 Å². The van der Waals surface area contributed by atoms with Crippen LogP contribution in [0.4, 0.5) is 4.39 Å². The van der Waals surface area contributed by atoms with Crippen molar-refractivity contribution in [2.75, 3.05) is 0 Å². The van der Waals surface area contributed by atoms with Gasteiger partial charge in [-0.1, -0.05) is 19.1 Å². The summed E-state index contributed by atoms with van der Waals surface area (Å²) in [5, 5.41) is 3.01. The van der Waals surface area contributed by atoms with Gasteiger partial charge in [0.2, 0.25) is 5.91 Å². The van der Waals surface area contributed by atoms with Crippen molar-refractivity contribution in [3.63, 3.8) is 0 Å². The fourth-order valence-corrected chi connectivity index (χ4v) is 3.26. The average Bonchev–Trinajstić information content (AvgIpc) is 2.59. The lowest BCUT2D eigenvalue weighted by Crippen LogP contribution is -2.60. The summed E-state index contributed by atoms with van der Waals surface area (Å²) in [5.41, 5.74) is 0.733. The zero-order valence-electron chi connectivity index (χ0n) is 15.1. The van der Waals surface area contributed by atoms with E-state index in [2.05, 4.69) is 10.3 Å². The molecule has 2 aliphatic heterocycles. The highest BCUT2D eigenvalue weighted by atomic mass is 19.1. The first kappa shape index (κ1) is 18.0. The number of allylic oxidation sites excluding steroid dienone is 2. The standard InChI is InChI=1S/C20H22FN3O2/c1-4-16(14-5-7-15(21)8-6-14)22-19(26)20(3)12-18(25)23-17-11-13(2)9-10-24(17)20/h5-11,16H,4,12H2,1-3H3,(H,22,26)/t16-,20-/m0/s1. The molecule has 5 nitrogen and oxygen atoms in total. The first-order chi connectivity index (χ1) is 12.3. The number of benzene rings is 1. The molecule has 26 heavy (non-hydrogen) atoms. The van der Waals surface area contributed by atoms with Crippen LogP contribution in [0.15, 0.2) is 53.2 Å². The number of hydrogen-bond donors (Lipinski definition) is 1. The summed E-state index contributed by atoms with van der Waals surface area (Å²) in [6.45, 7) is 5.60. The molecular formula is C20H22FN3O2. The molecule has 0 unspecified atom stereocenters. The maximum atomic E-state index is 13.2. The lowest BCUT2D eigenvalue weighted by Gasteiger charge is -2.42. The molecule has 136 valence electrons. The van der Waals surface area contributed by atoms with Crippen LogP contribution in [0, 0.1) is 5.82 Å². The van der Waals surface area contributed by atoms with Crippen LogP contribution >= 0.6 is 0 Å². The Hall–Kier alpha value is -2.76. The quantitative estimate of drug-likeness (QED) is 0.902. The molecule has 2 aliphatic rings. The molecule has 0 saturated heterocycles. The molecule has 1 aromatic rings. The number of nitrogens with zero attached hydrogens (tertiary/aromatic N) is 2. The molecule has 0 aromatic heterocycles.